The Bertz CT molecular complexity index is 2660. The van der Waals surface area contributed by atoms with E-state index in [0.717, 1.165) is 13.8 Å². The molecule has 3 fully saturated rings. The van der Waals surface area contributed by atoms with Crippen LogP contribution >= 0.6 is 0 Å². The van der Waals surface area contributed by atoms with Crippen molar-refractivity contribution in [1.29, 1.82) is 0 Å². The minimum absolute atomic E-state index is 0.00158. The summed E-state index contributed by atoms with van der Waals surface area (Å²) in [7, 11) is 0. The maximum atomic E-state index is 13.1. The van der Waals surface area contributed by atoms with Crippen LogP contribution in [-0.4, -0.2) is 256 Å². The molecule has 3 rings (SSSR count). The van der Waals surface area contributed by atoms with Crippen LogP contribution in [0.15, 0.2) is 0 Å². The molecule has 0 spiro atoms. The first-order valence-corrected chi connectivity index (χ1v) is 34.5. The maximum absolute atomic E-state index is 13.1. The van der Waals surface area contributed by atoms with Gasteiger partial charge >= 0.3 is 47.8 Å². The third-order valence-electron chi connectivity index (χ3n) is 16.8. The Morgan fingerprint density at radius 3 is 1.07 bits per heavy atom. The molecule has 3 saturated heterocycles. The highest BCUT2D eigenvalue weighted by atomic mass is 16.7. The lowest BCUT2D eigenvalue weighted by Crippen LogP contribution is -2.58. The number of ether oxygens (including phenoxy) is 17. The molecule has 586 valence electrons. The molecule has 35 nitrogen and oxygen atoms in total. The summed E-state index contributed by atoms with van der Waals surface area (Å²) in [5.41, 5.74) is -0.870. The van der Waals surface area contributed by atoms with E-state index in [1.807, 2.05) is 13.8 Å². The highest BCUT2D eigenvalue weighted by Crippen LogP contribution is 2.36. The summed E-state index contributed by atoms with van der Waals surface area (Å²) < 4.78 is 96.1. The quantitative estimate of drug-likeness (QED) is 0.0377. The molecule has 0 aromatic carbocycles. The standard InChI is InChI=1S/C68H108N4O31/c1-38(2)68(37-89-28-21-57(84)71-24-25-72-59(86)34-94-65-40(4)60(96-46(10)76)39(3)53(101-65)30-90-43(7)73,35-87-26-19-51(81)17-15-23-70-58(85)33-95-67-42(6)62(98-48(12)78)64(100-50(14)80)55(103-67)32-92-45(9)75)36-88-27-20-56(83)69-22-16-18-52(82)29-93-66-41(5)61(97-47(11)77)63(99-49(13)79)54(102-66)31-91-44(8)74/h38-42,53-55,60-67H,15-37H2,1-14H3,(H,69,83)(H,70,85)(H,71,84)(H,72,86). The Morgan fingerprint density at radius 2 is 0.670 bits per heavy atom. The zero-order chi connectivity index (χ0) is 76.9. The summed E-state index contributed by atoms with van der Waals surface area (Å²) in [6, 6.07) is 0. The van der Waals surface area contributed by atoms with Crippen LogP contribution in [0.1, 0.15) is 142 Å². The second kappa shape index (κ2) is 47.2. The van der Waals surface area contributed by atoms with E-state index < -0.39 is 170 Å². The first-order valence-electron chi connectivity index (χ1n) is 34.5. The van der Waals surface area contributed by atoms with Crippen molar-refractivity contribution in [2.75, 3.05) is 105 Å². The van der Waals surface area contributed by atoms with E-state index >= 15 is 0 Å². The lowest BCUT2D eigenvalue weighted by atomic mass is 9.79. The molecule has 0 aromatic heterocycles. The van der Waals surface area contributed by atoms with Crippen LogP contribution in [-0.2, 0) is 148 Å². The summed E-state index contributed by atoms with van der Waals surface area (Å²) >= 11 is 0. The highest BCUT2D eigenvalue weighted by Gasteiger charge is 2.51. The molecule has 0 bridgehead atoms. The van der Waals surface area contributed by atoms with Gasteiger partial charge in [-0.25, -0.2) is 0 Å². The number of amides is 4. The number of hydrogen-bond acceptors (Lipinski definition) is 31. The summed E-state index contributed by atoms with van der Waals surface area (Å²) in [6.07, 6.45) is -10.8. The van der Waals surface area contributed by atoms with Crippen molar-refractivity contribution in [3.05, 3.63) is 0 Å². The largest absolute Gasteiger partial charge is 0.463 e. The summed E-state index contributed by atoms with van der Waals surface area (Å²) in [4.78, 5) is 172. The molecule has 0 aliphatic carbocycles. The molecule has 16 unspecified atom stereocenters. The van der Waals surface area contributed by atoms with Crippen LogP contribution in [0.4, 0.5) is 0 Å². The molecule has 16 atom stereocenters. The van der Waals surface area contributed by atoms with Gasteiger partial charge in [0.15, 0.2) is 36.9 Å². The Hall–Kier alpha value is -7.38. The molecule has 0 aromatic rings. The lowest BCUT2D eigenvalue weighted by Gasteiger charge is -2.43. The SMILES string of the molecule is CC(=O)OCC1OC(OCC(=O)NCCNC(=O)CCOCC(COCCC(=O)CCCNC(=O)COC2OC(COC(C)=O)C(OC(C)=O)C(OC(C)=O)C2C)(COCCC(=O)NCCCC(=O)COC2OC(COC(C)=O)C(OC(C)=O)C(OC(C)=O)C2C)C(C)C)C(C)C(OC(C)=O)C1C. The molecule has 4 amide bonds. The van der Waals surface area contributed by atoms with E-state index in [1.54, 1.807) is 27.7 Å². The number of carbonyl (C=O) groups excluding carboxylic acids is 14. The van der Waals surface area contributed by atoms with Crippen molar-refractivity contribution in [3.8, 4) is 0 Å². The summed E-state index contributed by atoms with van der Waals surface area (Å²) in [5.74, 6) is -9.93. The monoisotopic (exact) mass is 1480 g/mol. The molecule has 0 radical (unpaired) electrons. The summed E-state index contributed by atoms with van der Waals surface area (Å²) in [6.45, 7) is 18.2. The molecule has 0 saturated carbocycles. The van der Waals surface area contributed by atoms with E-state index in [-0.39, 0.29) is 166 Å². The minimum Gasteiger partial charge on any atom is -0.463 e. The number of rotatable bonds is 47. The van der Waals surface area contributed by atoms with Crippen molar-refractivity contribution in [3.63, 3.8) is 0 Å². The second-order valence-corrected chi connectivity index (χ2v) is 25.9. The zero-order valence-electron chi connectivity index (χ0n) is 61.7. The number of Topliss-reactive ketones (excluding diaryl/α,β-unsaturated/α-hetero) is 2. The molecular weight excluding hydrogens is 1370 g/mol. The van der Waals surface area contributed by atoms with E-state index in [9.17, 15) is 67.1 Å². The zero-order valence-corrected chi connectivity index (χ0v) is 61.7. The molecule has 35 heteroatoms. The summed E-state index contributed by atoms with van der Waals surface area (Å²) in [5, 5.41) is 10.8. The predicted octanol–water partition coefficient (Wildman–Crippen LogP) is 1.13. The Morgan fingerprint density at radius 1 is 0.350 bits per heavy atom. The Kier molecular flexibility index (Phi) is 41.1. The predicted molar refractivity (Wildman–Crippen MR) is 352 cm³/mol. The smallest absolute Gasteiger partial charge is 0.303 e. The van der Waals surface area contributed by atoms with E-state index in [2.05, 4.69) is 21.3 Å². The lowest BCUT2D eigenvalue weighted by molar-refractivity contribution is -0.287. The number of ketones is 2. The van der Waals surface area contributed by atoms with Gasteiger partial charge in [0.2, 0.25) is 23.6 Å². The maximum Gasteiger partial charge on any atom is 0.303 e. The molecule has 3 aliphatic heterocycles. The fraction of sp³-hybridized carbons (Fsp3) is 0.794. The second-order valence-electron chi connectivity index (χ2n) is 25.9. The number of nitrogens with one attached hydrogen (secondary N) is 4. The topological polar surface area (TPSA) is 444 Å². The van der Waals surface area contributed by atoms with Crippen LogP contribution < -0.4 is 21.3 Å². The number of carbonyl (C=O) groups is 14. The van der Waals surface area contributed by atoms with Crippen LogP contribution in [0.2, 0.25) is 0 Å². The van der Waals surface area contributed by atoms with Crippen molar-refractivity contribution < 1.29 is 148 Å². The average Bonchev–Trinajstić information content (AvgIpc) is 0.811. The van der Waals surface area contributed by atoms with Crippen molar-refractivity contribution in [1.82, 2.24) is 21.3 Å². The normalized spacial score (nSPS) is 25.1. The number of esters is 8. The molecule has 103 heavy (non-hydrogen) atoms. The average molecular weight is 1480 g/mol. The first-order chi connectivity index (χ1) is 48.6. The molecule has 3 heterocycles. The van der Waals surface area contributed by atoms with Crippen LogP contribution in [0.3, 0.4) is 0 Å². The van der Waals surface area contributed by atoms with Gasteiger partial charge in [-0.2, -0.15) is 0 Å². The van der Waals surface area contributed by atoms with Gasteiger partial charge in [-0.1, -0.05) is 41.5 Å². The Labute approximate surface area is 600 Å². The fourth-order valence-electron chi connectivity index (χ4n) is 11.1. The fourth-order valence-corrected chi connectivity index (χ4v) is 11.1. The van der Waals surface area contributed by atoms with Crippen LogP contribution in [0.5, 0.6) is 0 Å². The van der Waals surface area contributed by atoms with Gasteiger partial charge in [-0.3, -0.25) is 67.1 Å². The van der Waals surface area contributed by atoms with Gasteiger partial charge in [0, 0.05) is 143 Å². The van der Waals surface area contributed by atoms with E-state index in [4.69, 9.17) is 80.5 Å². The van der Waals surface area contributed by atoms with E-state index in [0.29, 0.717) is 0 Å². The van der Waals surface area contributed by atoms with Gasteiger partial charge in [0.25, 0.3) is 0 Å². The van der Waals surface area contributed by atoms with Crippen molar-refractivity contribution in [2.45, 2.75) is 210 Å². The Balaban J connectivity index is 1.54. The first kappa shape index (κ1) is 89.8. The van der Waals surface area contributed by atoms with Crippen molar-refractivity contribution in [2.24, 2.45) is 35.0 Å². The van der Waals surface area contributed by atoms with Gasteiger partial charge < -0.3 is 102 Å². The highest BCUT2D eigenvalue weighted by molar-refractivity contribution is 5.81. The third-order valence-corrected chi connectivity index (χ3v) is 16.8. The minimum atomic E-state index is -1.16. The van der Waals surface area contributed by atoms with Crippen LogP contribution in [0, 0.1) is 35.0 Å². The molecule has 4 N–H and O–H groups in total. The molecular formula is C68H108N4O31. The third kappa shape index (κ3) is 34.4. The van der Waals surface area contributed by atoms with Gasteiger partial charge in [0.1, 0.15) is 82.0 Å². The van der Waals surface area contributed by atoms with E-state index in [1.165, 1.54) is 41.5 Å². The van der Waals surface area contributed by atoms with Gasteiger partial charge in [0.05, 0.1) is 39.6 Å². The molecule has 3 aliphatic rings. The van der Waals surface area contributed by atoms with Gasteiger partial charge in [-0.05, 0) is 18.8 Å². The number of hydrogen-bond donors (Lipinski definition) is 4. The van der Waals surface area contributed by atoms with Crippen LogP contribution in [0.25, 0.3) is 0 Å². The van der Waals surface area contributed by atoms with Gasteiger partial charge in [-0.15, -0.1) is 0 Å². The van der Waals surface area contributed by atoms with Crippen molar-refractivity contribution >= 4 is 82.9 Å².